The van der Waals surface area contributed by atoms with E-state index in [-0.39, 0.29) is 22.5 Å². The molecule has 0 spiro atoms. The van der Waals surface area contributed by atoms with E-state index in [2.05, 4.69) is 5.10 Å². The predicted molar refractivity (Wildman–Crippen MR) is 66.2 cm³/mol. The Bertz CT molecular complexity index is 652. The summed E-state index contributed by atoms with van der Waals surface area (Å²) in [5.74, 6) is 0. The van der Waals surface area contributed by atoms with Crippen LogP contribution in [0.5, 0.6) is 0 Å². The van der Waals surface area contributed by atoms with Gasteiger partial charge >= 0.3 is 12.4 Å². The maximum absolute atomic E-state index is 12.9. The first-order valence-electron chi connectivity index (χ1n) is 6.10. The molecule has 0 amide bonds. The fourth-order valence-electron chi connectivity index (χ4n) is 1.84. The number of hydrogen-bond acceptors (Lipinski definition) is 2. The van der Waals surface area contributed by atoms with Crippen LogP contribution in [0.1, 0.15) is 29.9 Å². The SMILES string of the molecule is CC(N)c1ccc(-n2nc(C(F)(F)F)cc2C(F)(F)F)cc1. The van der Waals surface area contributed by atoms with E-state index < -0.39 is 23.7 Å². The van der Waals surface area contributed by atoms with Gasteiger partial charge in [0.25, 0.3) is 0 Å². The highest BCUT2D eigenvalue weighted by Gasteiger charge is 2.42. The molecule has 1 atom stereocenters. The highest BCUT2D eigenvalue weighted by Crippen LogP contribution is 2.36. The molecule has 0 saturated heterocycles. The third kappa shape index (κ3) is 3.24. The predicted octanol–water partition coefficient (Wildman–Crippen LogP) is 3.93. The molecule has 0 bridgehead atoms. The van der Waals surface area contributed by atoms with E-state index in [4.69, 9.17) is 5.73 Å². The second kappa shape index (κ2) is 5.31. The van der Waals surface area contributed by atoms with Crippen molar-refractivity contribution in [2.45, 2.75) is 25.3 Å². The van der Waals surface area contributed by atoms with E-state index in [1.54, 1.807) is 6.92 Å². The molecule has 3 nitrogen and oxygen atoms in total. The van der Waals surface area contributed by atoms with E-state index in [9.17, 15) is 26.3 Å². The molecule has 1 heterocycles. The van der Waals surface area contributed by atoms with Crippen LogP contribution in [0.4, 0.5) is 26.3 Å². The molecule has 0 aliphatic carbocycles. The van der Waals surface area contributed by atoms with Crippen LogP contribution in [0, 0.1) is 0 Å². The molecule has 9 heteroatoms. The van der Waals surface area contributed by atoms with Crippen molar-refractivity contribution in [3.05, 3.63) is 47.3 Å². The van der Waals surface area contributed by atoms with Crippen LogP contribution in [-0.2, 0) is 12.4 Å². The van der Waals surface area contributed by atoms with Crippen molar-refractivity contribution >= 4 is 0 Å². The van der Waals surface area contributed by atoms with Crippen LogP contribution in [-0.4, -0.2) is 9.78 Å². The van der Waals surface area contributed by atoms with Gasteiger partial charge in [0.05, 0.1) is 5.69 Å². The van der Waals surface area contributed by atoms with Crippen LogP contribution in [0.25, 0.3) is 5.69 Å². The number of halogens is 6. The first-order valence-corrected chi connectivity index (χ1v) is 6.10. The summed E-state index contributed by atoms with van der Waals surface area (Å²) < 4.78 is 76.7. The van der Waals surface area contributed by atoms with Gasteiger partial charge in [0.1, 0.15) is 5.69 Å². The zero-order valence-electron chi connectivity index (χ0n) is 11.2. The lowest BCUT2D eigenvalue weighted by molar-refractivity contribution is -0.143. The molecule has 2 rings (SSSR count). The molecule has 0 radical (unpaired) electrons. The van der Waals surface area contributed by atoms with Crippen molar-refractivity contribution < 1.29 is 26.3 Å². The molecule has 2 N–H and O–H groups in total. The van der Waals surface area contributed by atoms with Gasteiger partial charge in [-0.05, 0) is 24.6 Å². The van der Waals surface area contributed by atoms with Gasteiger partial charge < -0.3 is 5.73 Å². The van der Waals surface area contributed by atoms with E-state index in [0.717, 1.165) is 0 Å². The van der Waals surface area contributed by atoms with Crippen molar-refractivity contribution in [2.75, 3.05) is 0 Å². The van der Waals surface area contributed by atoms with Crippen molar-refractivity contribution in [3.8, 4) is 5.69 Å². The lowest BCUT2D eigenvalue weighted by atomic mass is 10.1. The molecule has 120 valence electrons. The Balaban J connectivity index is 2.56. The number of aromatic nitrogens is 2. The highest BCUT2D eigenvalue weighted by atomic mass is 19.4. The van der Waals surface area contributed by atoms with Gasteiger partial charge in [0.15, 0.2) is 5.69 Å². The van der Waals surface area contributed by atoms with Gasteiger partial charge in [0, 0.05) is 12.1 Å². The number of rotatable bonds is 2. The fourth-order valence-corrected chi connectivity index (χ4v) is 1.84. The summed E-state index contributed by atoms with van der Waals surface area (Å²) in [6.45, 7) is 1.67. The lowest BCUT2D eigenvalue weighted by Crippen LogP contribution is -2.13. The van der Waals surface area contributed by atoms with Crippen LogP contribution < -0.4 is 5.73 Å². The first kappa shape index (κ1) is 16.3. The Morgan fingerprint density at radius 1 is 1.00 bits per heavy atom. The Morgan fingerprint density at radius 2 is 1.55 bits per heavy atom. The topological polar surface area (TPSA) is 43.8 Å². The zero-order chi connectivity index (χ0) is 16.7. The minimum atomic E-state index is -4.96. The summed E-state index contributed by atoms with van der Waals surface area (Å²) in [7, 11) is 0. The van der Waals surface area contributed by atoms with Gasteiger partial charge in [-0.2, -0.15) is 31.4 Å². The molecular formula is C13H11F6N3. The molecule has 0 saturated carbocycles. The average molecular weight is 323 g/mol. The lowest BCUT2D eigenvalue weighted by Gasteiger charge is -2.11. The first-order chi connectivity index (χ1) is 10.00. The monoisotopic (exact) mass is 323 g/mol. The molecular weight excluding hydrogens is 312 g/mol. The second-order valence-electron chi connectivity index (χ2n) is 4.70. The molecule has 0 fully saturated rings. The molecule has 1 aromatic carbocycles. The summed E-state index contributed by atoms with van der Waals surface area (Å²) in [5.41, 5.74) is 3.03. The molecule has 1 unspecified atom stereocenters. The van der Waals surface area contributed by atoms with Crippen LogP contribution >= 0.6 is 0 Å². The van der Waals surface area contributed by atoms with Crippen LogP contribution in [0.2, 0.25) is 0 Å². The molecule has 2 aromatic rings. The Labute approximate surface area is 121 Å². The van der Waals surface area contributed by atoms with Gasteiger partial charge in [-0.3, -0.25) is 0 Å². The summed E-state index contributed by atoms with van der Waals surface area (Å²) in [5, 5.41) is 3.03. The molecule has 0 aliphatic heterocycles. The third-order valence-corrected chi connectivity index (χ3v) is 2.95. The third-order valence-electron chi connectivity index (χ3n) is 2.95. The summed E-state index contributed by atoms with van der Waals surface area (Å²) in [4.78, 5) is 0. The zero-order valence-corrected chi connectivity index (χ0v) is 11.2. The van der Waals surface area contributed by atoms with Gasteiger partial charge in [0.2, 0.25) is 0 Å². The quantitative estimate of drug-likeness (QED) is 0.851. The van der Waals surface area contributed by atoms with Crippen LogP contribution in [0.15, 0.2) is 30.3 Å². The average Bonchev–Trinajstić information content (AvgIpc) is 2.83. The maximum atomic E-state index is 12.9. The molecule has 22 heavy (non-hydrogen) atoms. The highest BCUT2D eigenvalue weighted by molar-refractivity contribution is 5.38. The van der Waals surface area contributed by atoms with Gasteiger partial charge in [-0.25, -0.2) is 4.68 Å². The van der Waals surface area contributed by atoms with E-state index in [0.29, 0.717) is 5.56 Å². The van der Waals surface area contributed by atoms with E-state index >= 15 is 0 Å². The minimum Gasteiger partial charge on any atom is -0.324 e. The summed E-state index contributed by atoms with van der Waals surface area (Å²) in [6.07, 6.45) is -9.92. The number of hydrogen-bond donors (Lipinski definition) is 1. The van der Waals surface area contributed by atoms with E-state index in [1.165, 1.54) is 24.3 Å². The van der Waals surface area contributed by atoms with Crippen molar-refractivity contribution in [1.29, 1.82) is 0 Å². The Morgan fingerprint density at radius 3 is 1.95 bits per heavy atom. The van der Waals surface area contributed by atoms with Crippen molar-refractivity contribution in [1.82, 2.24) is 9.78 Å². The number of alkyl halides is 6. The largest absolute Gasteiger partial charge is 0.435 e. The van der Waals surface area contributed by atoms with E-state index in [1.807, 2.05) is 0 Å². The Hall–Kier alpha value is -2.03. The van der Waals surface area contributed by atoms with Gasteiger partial charge in [-0.15, -0.1) is 0 Å². The summed E-state index contributed by atoms with van der Waals surface area (Å²) in [6, 6.07) is 4.99. The van der Waals surface area contributed by atoms with Crippen molar-refractivity contribution in [2.24, 2.45) is 5.73 Å². The maximum Gasteiger partial charge on any atom is 0.435 e. The van der Waals surface area contributed by atoms with Gasteiger partial charge in [-0.1, -0.05) is 12.1 Å². The number of nitrogens with zero attached hydrogens (tertiary/aromatic N) is 2. The number of nitrogens with two attached hydrogens (primary N) is 1. The molecule has 0 aliphatic rings. The Kier molecular flexibility index (Phi) is 3.94. The minimum absolute atomic E-state index is 0.0144. The van der Waals surface area contributed by atoms with Crippen LogP contribution in [0.3, 0.4) is 0 Å². The summed E-state index contributed by atoms with van der Waals surface area (Å²) >= 11 is 0. The molecule has 1 aromatic heterocycles. The second-order valence-corrected chi connectivity index (χ2v) is 4.70. The smallest absolute Gasteiger partial charge is 0.324 e. The normalized spacial score (nSPS) is 14.2. The standard InChI is InChI=1S/C13H11F6N3/c1-7(20)8-2-4-9(5-3-8)22-11(13(17,18)19)6-10(21-22)12(14,15)16/h2-7H,20H2,1H3. The fraction of sp³-hybridized carbons (Fsp3) is 0.308. The van der Waals surface area contributed by atoms with Crippen molar-refractivity contribution in [3.63, 3.8) is 0 Å². The number of benzene rings is 1.